The smallest absolute Gasteiger partial charge is 0.295 e. The predicted molar refractivity (Wildman–Crippen MR) is 137 cm³/mol. The molecule has 186 valence electrons. The molecule has 1 N–H and O–H groups in total. The molecule has 0 aliphatic carbocycles. The Kier molecular flexibility index (Phi) is 7.77. The van der Waals surface area contributed by atoms with Gasteiger partial charge in [0.1, 0.15) is 12.4 Å². The molecule has 0 saturated carbocycles. The number of rotatable bonds is 8. The van der Waals surface area contributed by atoms with Crippen molar-refractivity contribution < 1.29 is 24.3 Å². The van der Waals surface area contributed by atoms with Crippen LogP contribution in [0.2, 0.25) is 5.02 Å². The highest BCUT2D eigenvalue weighted by atomic mass is 35.5. The number of likely N-dealkylation sites (tertiary alicyclic amines) is 1. The van der Waals surface area contributed by atoms with Gasteiger partial charge in [-0.05, 0) is 53.4 Å². The summed E-state index contributed by atoms with van der Waals surface area (Å²) >= 11 is 6.07. The Hall–Kier alpha value is -3.61. The van der Waals surface area contributed by atoms with Crippen molar-refractivity contribution in [3.05, 3.63) is 106 Å². The fourth-order valence-electron chi connectivity index (χ4n) is 4.30. The topological polar surface area (TPSA) is 74.1 Å². The SMILES string of the molecule is Cc1cc(OCc2ccccc2)ccc1C([O-])=C1C(=O)C(=O)N(CC[NH+](C)C)C1c1ccc(Cl)cc1. The molecule has 1 aliphatic heterocycles. The van der Waals surface area contributed by atoms with Gasteiger partial charge in [0.15, 0.2) is 0 Å². The Morgan fingerprint density at radius 1 is 1.03 bits per heavy atom. The summed E-state index contributed by atoms with van der Waals surface area (Å²) in [6.07, 6.45) is 0. The monoisotopic (exact) mass is 504 g/mol. The van der Waals surface area contributed by atoms with Crippen LogP contribution < -0.4 is 14.7 Å². The number of nitrogens with one attached hydrogen (secondary N) is 1. The molecule has 0 bridgehead atoms. The molecular weight excluding hydrogens is 476 g/mol. The minimum Gasteiger partial charge on any atom is -0.872 e. The van der Waals surface area contributed by atoms with Gasteiger partial charge in [0.2, 0.25) is 5.78 Å². The van der Waals surface area contributed by atoms with Crippen LogP contribution in [0.25, 0.3) is 5.76 Å². The van der Waals surface area contributed by atoms with Gasteiger partial charge in [-0.1, -0.05) is 65.9 Å². The van der Waals surface area contributed by atoms with Crippen molar-refractivity contribution in [3.8, 4) is 5.75 Å². The lowest BCUT2D eigenvalue weighted by molar-refractivity contribution is -0.857. The maximum Gasteiger partial charge on any atom is 0.295 e. The van der Waals surface area contributed by atoms with Crippen LogP contribution in [0.1, 0.15) is 28.3 Å². The third-order valence-corrected chi connectivity index (χ3v) is 6.51. The number of Topliss-reactive ketones (excluding diaryl/α,β-unsaturated/α-hetero) is 1. The number of benzene rings is 3. The zero-order valence-corrected chi connectivity index (χ0v) is 21.3. The van der Waals surface area contributed by atoms with E-state index in [-0.39, 0.29) is 5.57 Å². The van der Waals surface area contributed by atoms with Crippen LogP contribution in [-0.2, 0) is 16.2 Å². The summed E-state index contributed by atoms with van der Waals surface area (Å²) in [6.45, 7) is 3.19. The highest BCUT2D eigenvalue weighted by molar-refractivity contribution is 6.46. The summed E-state index contributed by atoms with van der Waals surface area (Å²) in [5, 5.41) is 14.3. The van der Waals surface area contributed by atoms with E-state index in [1.807, 2.05) is 44.4 Å². The summed E-state index contributed by atoms with van der Waals surface area (Å²) in [7, 11) is 3.94. The molecule has 1 unspecified atom stereocenters. The van der Waals surface area contributed by atoms with E-state index in [2.05, 4.69) is 0 Å². The van der Waals surface area contributed by atoms with Crippen LogP contribution in [0, 0.1) is 6.92 Å². The van der Waals surface area contributed by atoms with Gasteiger partial charge < -0.3 is 19.6 Å². The van der Waals surface area contributed by atoms with Crippen molar-refractivity contribution in [2.75, 3.05) is 27.2 Å². The zero-order valence-electron chi connectivity index (χ0n) is 20.6. The number of halogens is 1. The van der Waals surface area contributed by atoms with E-state index in [4.69, 9.17) is 16.3 Å². The van der Waals surface area contributed by atoms with Gasteiger partial charge in [-0.2, -0.15) is 0 Å². The molecule has 1 saturated heterocycles. The van der Waals surface area contributed by atoms with E-state index in [0.717, 1.165) is 10.5 Å². The number of nitrogens with zero attached hydrogens (tertiary/aromatic N) is 1. The Balaban J connectivity index is 1.70. The van der Waals surface area contributed by atoms with Gasteiger partial charge in [-0.15, -0.1) is 0 Å². The molecule has 4 rings (SSSR count). The molecule has 36 heavy (non-hydrogen) atoms. The number of hydrogen-bond acceptors (Lipinski definition) is 4. The molecule has 0 spiro atoms. The summed E-state index contributed by atoms with van der Waals surface area (Å²) in [6, 6.07) is 21.1. The van der Waals surface area contributed by atoms with Crippen molar-refractivity contribution in [3.63, 3.8) is 0 Å². The van der Waals surface area contributed by atoms with Gasteiger partial charge in [0.05, 0.1) is 33.2 Å². The summed E-state index contributed by atoms with van der Waals surface area (Å²) in [4.78, 5) is 28.8. The highest BCUT2D eigenvalue weighted by Gasteiger charge is 2.44. The number of ketones is 1. The molecule has 1 atom stereocenters. The Labute approximate surface area is 216 Å². The van der Waals surface area contributed by atoms with Crippen molar-refractivity contribution >= 4 is 29.1 Å². The predicted octanol–water partition coefficient (Wildman–Crippen LogP) is 2.60. The first-order chi connectivity index (χ1) is 17.3. The molecular formula is C29H29ClN2O4. The van der Waals surface area contributed by atoms with Gasteiger partial charge in [0, 0.05) is 10.6 Å². The molecule has 3 aromatic carbocycles. The van der Waals surface area contributed by atoms with Crippen LogP contribution in [0.5, 0.6) is 5.75 Å². The lowest BCUT2D eigenvalue weighted by Gasteiger charge is -2.28. The second-order valence-corrected chi connectivity index (χ2v) is 9.67. The molecule has 1 fully saturated rings. The summed E-state index contributed by atoms with van der Waals surface area (Å²) in [5.41, 5.74) is 2.72. The number of carbonyl (C=O) groups excluding carboxylic acids is 2. The van der Waals surface area contributed by atoms with E-state index in [0.29, 0.717) is 47.2 Å². The maximum atomic E-state index is 13.7. The van der Waals surface area contributed by atoms with Gasteiger partial charge in [-0.25, -0.2) is 0 Å². The number of carbonyl (C=O) groups is 2. The van der Waals surface area contributed by atoms with E-state index in [1.165, 1.54) is 4.90 Å². The van der Waals surface area contributed by atoms with Crippen LogP contribution in [0.15, 0.2) is 78.4 Å². The average Bonchev–Trinajstić information content (AvgIpc) is 3.12. The number of hydrogen-bond donors (Lipinski definition) is 1. The van der Waals surface area contributed by atoms with E-state index < -0.39 is 23.5 Å². The largest absolute Gasteiger partial charge is 0.872 e. The molecule has 6 nitrogen and oxygen atoms in total. The van der Waals surface area contributed by atoms with E-state index >= 15 is 0 Å². The normalized spacial score (nSPS) is 17.1. The van der Waals surface area contributed by atoms with Gasteiger partial charge in [0.25, 0.3) is 5.91 Å². The lowest BCUT2D eigenvalue weighted by atomic mass is 9.94. The molecule has 0 aromatic heterocycles. The summed E-state index contributed by atoms with van der Waals surface area (Å²) < 4.78 is 5.88. The second-order valence-electron chi connectivity index (χ2n) is 9.23. The van der Waals surface area contributed by atoms with E-state index in [1.54, 1.807) is 49.4 Å². The number of likely N-dealkylation sites (N-methyl/N-ethyl adjacent to an activating group) is 1. The third kappa shape index (κ3) is 5.45. The van der Waals surface area contributed by atoms with Crippen molar-refractivity contribution in [1.29, 1.82) is 0 Å². The first kappa shape index (κ1) is 25.5. The second kappa shape index (κ2) is 11.0. The fourth-order valence-corrected chi connectivity index (χ4v) is 4.43. The number of aryl methyl sites for hydroxylation is 1. The zero-order chi connectivity index (χ0) is 25.8. The van der Waals surface area contributed by atoms with Crippen LogP contribution in [-0.4, -0.2) is 43.8 Å². The van der Waals surface area contributed by atoms with Crippen molar-refractivity contribution in [2.24, 2.45) is 0 Å². The lowest BCUT2D eigenvalue weighted by Crippen LogP contribution is -3.06. The quantitative estimate of drug-likeness (QED) is 0.291. The van der Waals surface area contributed by atoms with Crippen LogP contribution >= 0.6 is 11.6 Å². The molecule has 3 aromatic rings. The average molecular weight is 505 g/mol. The Morgan fingerprint density at radius 3 is 2.36 bits per heavy atom. The number of amides is 1. The molecule has 1 amide bonds. The van der Waals surface area contributed by atoms with Crippen LogP contribution in [0.4, 0.5) is 0 Å². The molecule has 0 radical (unpaired) electrons. The van der Waals surface area contributed by atoms with Gasteiger partial charge >= 0.3 is 0 Å². The molecule has 1 heterocycles. The Morgan fingerprint density at radius 2 is 1.72 bits per heavy atom. The third-order valence-electron chi connectivity index (χ3n) is 6.26. The molecule has 7 heteroatoms. The standard InChI is InChI=1S/C29H29ClN2O4/c1-19-17-23(36-18-20-7-5-4-6-8-20)13-14-24(19)27(33)25-26(21-9-11-22(30)12-10-21)32(16-15-31(2)3)29(35)28(25)34/h4-14,17,26,33H,15-16,18H2,1-3H3. The number of ether oxygens (including phenoxy) is 1. The van der Waals surface area contributed by atoms with Gasteiger partial charge in [-0.3, -0.25) is 9.59 Å². The number of quaternary nitrogens is 1. The highest BCUT2D eigenvalue weighted by Crippen LogP contribution is 2.39. The van der Waals surface area contributed by atoms with Crippen molar-refractivity contribution in [1.82, 2.24) is 4.90 Å². The minimum atomic E-state index is -0.762. The first-order valence-electron chi connectivity index (χ1n) is 11.8. The van der Waals surface area contributed by atoms with Crippen molar-refractivity contribution in [2.45, 2.75) is 19.6 Å². The minimum absolute atomic E-state index is 0.0304. The fraction of sp³-hybridized carbons (Fsp3) is 0.241. The maximum absolute atomic E-state index is 13.7. The van der Waals surface area contributed by atoms with E-state index in [9.17, 15) is 14.7 Å². The Bertz CT molecular complexity index is 1290. The summed E-state index contributed by atoms with van der Waals surface area (Å²) in [5.74, 6) is -1.23. The first-order valence-corrected chi connectivity index (χ1v) is 12.2. The molecule has 1 aliphatic rings. The van der Waals surface area contributed by atoms with Crippen LogP contribution in [0.3, 0.4) is 0 Å².